The monoisotopic (exact) mass is 2090 g/mol. The van der Waals surface area contributed by atoms with E-state index in [1.807, 2.05) is 140 Å². The van der Waals surface area contributed by atoms with Crippen LogP contribution in [0.2, 0.25) is 0 Å². The van der Waals surface area contributed by atoms with Crippen molar-refractivity contribution in [2.75, 3.05) is 26.5 Å². The van der Waals surface area contributed by atoms with Crippen LogP contribution < -0.4 is 0 Å². The van der Waals surface area contributed by atoms with Crippen molar-refractivity contribution < 1.29 is 62.6 Å². The molecule has 17 aromatic heterocycles. The highest BCUT2D eigenvalue weighted by Crippen LogP contribution is 2.51. The second-order valence-electron chi connectivity index (χ2n) is 31.7. The number of aliphatic hydroxyl groups excluding tert-OH is 2. The van der Waals surface area contributed by atoms with E-state index >= 15 is 0 Å². The number of alkyl halides is 2. The fourth-order valence-corrected chi connectivity index (χ4v) is 16.4. The number of rotatable bonds is 28. The number of hydrogen-bond acceptors (Lipinski definition) is 28. The largest absolute Gasteiger partial charge is 0.478 e. The Bertz CT molecular complexity index is 6740. The first kappa shape index (κ1) is 110. The summed E-state index contributed by atoms with van der Waals surface area (Å²) < 4.78 is 35.5. The topological polar surface area (TPSA) is 438 Å². The molecule has 0 aliphatic rings. The first-order valence-corrected chi connectivity index (χ1v) is 51.5. The van der Waals surface area contributed by atoms with E-state index in [1.54, 1.807) is 168 Å². The summed E-state index contributed by atoms with van der Waals surface area (Å²) >= 11 is 6.87. The second-order valence-corrected chi connectivity index (χ2v) is 38.3. The van der Waals surface area contributed by atoms with Gasteiger partial charge >= 0.3 is 19.5 Å². The van der Waals surface area contributed by atoms with E-state index in [1.165, 1.54) is 72.8 Å². The van der Waals surface area contributed by atoms with Crippen molar-refractivity contribution in [2.24, 2.45) is 0 Å². The Morgan fingerprint density at radius 3 is 0.819 bits per heavy atom. The summed E-state index contributed by atoms with van der Waals surface area (Å²) in [5.74, 6) is -2.20. The highest BCUT2D eigenvalue weighted by atomic mass is 79.9. The number of hydrogen-bond donors (Lipinski definition) is 4. The summed E-state index contributed by atoms with van der Waals surface area (Å²) in [5, 5.41) is 37.4. The zero-order chi connectivity index (χ0) is 103. The van der Waals surface area contributed by atoms with Crippen molar-refractivity contribution in [3.8, 4) is 79.7 Å². The smallest absolute Gasteiger partial charge is 0.335 e. The van der Waals surface area contributed by atoms with Gasteiger partial charge in [0.2, 0.25) is 0 Å². The van der Waals surface area contributed by atoms with Crippen LogP contribution >= 0.6 is 46.6 Å². The lowest BCUT2D eigenvalue weighted by molar-refractivity contribution is 0.0686. The number of aldehydes is 1. The predicted octanol–water partition coefficient (Wildman–Crippen LogP) is 23.1. The van der Waals surface area contributed by atoms with Crippen LogP contribution in [-0.2, 0) is 54.4 Å². The summed E-state index contributed by atoms with van der Waals surface area (Å²) in [6.45, 7) is 14.8. The SMILES string of the molecule is BrCc1ccnc(-c2cc(CBr)ccn2)c1.C(=C\c1ccnc(-c2cc(/C=C/c3ccncc3)ccn2)c1)/c1ccncc1.CC(=O)c1ccnc(-c2cc(C(C)=O)ccn2)c1.CCOP(=O)(Cc1ccnc(-c2cc(CP(C)(C)=O)ccn2)c1)OCC.Cc1ccnc(-c2cc(C)ccn2)c1.O=C(O)c1ccnc(-c2cc(C(=O)O)ccn2)c1.O=Cc1ccncc1.OCc1ccnc(-c2cc(CO)ccn2)c1. The molecule has 0 aromatic carbocycles. The van der Waals surface area contributed by atoms with Crippen LogP contribution in [0.3, 0.4) is 0 Å². The zero-order valence-electron chi connectivity index (χ0n) is 79.9. The number of carbonyl (C=O) groups is 5. The summed E-state index contributed by atoms with van der Waals surface area (Å²) in [7, 11) is -5.35. The summed E-state index contributed by atoms with van der Waals surface area (Å²) in [4.78, 5) is 126. The van der Waals surface area contributed by atoms with Gasteiger partial charge < -0.3 is 34.0 Å². The van der Waals surface area contributed by atoms with Crippen molar-refractivity contribution in [1.29, 1.82) is 0 Å². The number of aryl methyl sites for hydroxylation is 2. The number of aromatic carboxylic acids is 2. The number of carbonyl (C=O) groups excluding carboxylic acids is 3. The Balaban J connectivity index is 0.000000172. The van der Waals surface area contributed by atoms with E-state index in [4.69, 9.17) is 29.5 Å². The van der Waals surface area contributed by atoms with E-state index in [-0.39, 0.29) is 42.1 Å². The lowest BCUT2D eigenvalue weighted by Gasteiger charge is -2.17. The number of pyridine rings is 17. The van der Waals surface area contributed by atoms with Gasteiger partial charge in [0, 0.05) is 157 Å². The van der Waals surface area contributed by atoms with Crippen LogP contribution in [0.5, 0.6) is 0 Å². The van der Waals surface area contributed by atoms with Gasteiger partial charge in [-0.15, -0.1) is 0 Å². The first-order valence-electron chi connectivity index (χ1n) is 44.7. The number of halogens is 2. The minimum atomic E-state index is -3.18. The number of nitrogens with zero attached hydrogens (tertiary/aromatic N) is 17. The quantitative estimate of drug-likeness (QED) is 0.0153. The van der Waals surface area contributed by atoms with Gasteiger partial charge in [-0.1, -0.05) is 56.2 Å². The molecule has 0 amide bonds. The summed E-state index contributed by atoms with van der Waals surface area (Å²) in [5.41, 5.74) is 24.5. The molecule has 17 heterocycles. The first-order chi connectivity index (χ1) is 69.6. The van der Waals surface area contributed by atoms with Crippen LogP contribution in [0.25, 0.3) is 104 Å². The molecule has 0 atom stereocenters. The molecular weight excluding hydrogens is 1990 g/mol. The van der Waals surface area contributed by atoms with Crippen molar-refractivity contribution in [3.05, 3.63) is 425 Å². The molecule has 0 saturated heterocycles. The fourth-order valence-electron chi connectivity index (χ4n) is 12.9. The van der Waals surface area contributed by atoms with E-state index in [9.17, 15) is 33.1 Å². The van der Waals surface area contributed by atoms with Gasteiger partial charge in [0.1, 0.15) is 6.29 Å². The number of ketones is 2. The number of aromatic nitrogens is 17. The van der Waals surface area contributed by atoms with Gasteiger partial charge in [-0.3, -0.25) is 104 Å². The molecule has 144 heavy (non-hydrogen) atoms. The van der Waals surface area contributed by atoms with Crippen molar-refractivity contribution in [1.82, 2.24) is 84.7 Å². The third kappa shape index (κ3) is 37.4. The van der Waals surface area contributed by atoms with Gasteiger partial charge in [0.25, 0.3) is 0 Å². The molecule has 0 bridgehead atoms. The maximum atomic E-state index is 12.7. The maximum Gasteiger partial charge on any atom is 0.335 e. The van der Waals surface area contributed by atoms with Gasteiger partial charge in [-0.2, -0.15) is 0 Å². The van der Waals surface area contributed by atoms with Crippen LogP contribution in [0.15, 0.2) is 330 Å². The molecule has 0 saturated carbocycles. The molecule has 4 N–H and O–H groups in total. The molecule has 17 aromatic rings. The standard InChI is InChI=1S/C24H18N4.C18H26N2O4P2.C14H12N2O2.C12H10Br2N2.C12H8N2O4.C12H12N2O2.C12H12N2.C6H5NO/c1(19-5-11-25-12-6-19)3-21-9-15-27-23(17-21)24-18-22(10-16-28-24)4-2-20-7-13-26-14-8-20;1-5-23-26(22,24-6-2)14-16-8-10-20-18(12-16)17-11-15(7-9-19-17)13-25(3,4)21;1-9(17)11-3-5-15-13(7-11)14-8-12(10(2)18)4-6-16-14;13-7-9-1-3-15-11(5-9)12-6-10(8-14)2-4-16-12;15-11(16)7-1-3-13-9(5-7)10-6-8(12(17)18)2-4-14-10;15-7-9-1-3-13-11(5-9)12-6-10(8-16)2-4-14-12;1-9-3-5-13-11(7-9)12-8-10(2)4-6-14-12;8-5-6-1-3-7-4-2-6/h1-18H;7-12H,5-6,13-14H2,1-4H3;3-8H,1-2H3;1-6H,7-8H2;1-6H,(H,15,16)(H,17,18);1-6,15-16H,7-8H2;3-8H,1-2H3;1-5H/b3-1+,4-2+;;;;;;;. The molecule has 0 spiro atoms. The fraction of sp³-hybridized carbons (Fsp3) is 0.145. The molecule has 0 aliphatic heterocycles. The number of Topliss-reactive ketones (excluding diaryl/α,β-unsaturated/α-hetero) is 2. The van der Waals surface area contributed by atoms with Crippen LogP contribution in [0.4, 0.5) is 0 Å². The summed E-state index contributed by atoms with van der Waals surface area (Å²) in [6, 6.07) is 61.9. The third-order valence-electron chi connectivity index (χ3n) is 20.0. The molecule has 30 nitrogen and oxygen atoms in total. The van der Waals surface area contributed by atoms with Crippen LogP contribution in [0, 0.1) is 13.8 Å². The molecule has 0 radical (unpaired) electrons. The van der Waals surface area contributed by atoms with Gasteiger partial charge in [0.05, 0.1) is 131 Å². The Labute approximate surface area is 851 Å². The Morgan fingerprint density at radius 2 is 0.535 bits per heavy atom. The Kier molecular flexibility index (Phi) is 44.3. The maximum absolute atomic E-state index is 12.7. The Morgan fingerprint density at radius 1 is 0.299 bits per heavy atom. The third-order valence-corrected chi connectivity index (χ3v) is 24.5. The Hall–Kier alpha value is -15.8. The highest BCUT2D eigenvalue weighted by molar-refractivity contribution is 9.08. The summed E-state index contributed by atoms with van der Waals surface area (Å²) in [6.07, 6.45) is 43.4. The number of aliphatic hydroxyl groups is 2. The highest BCUT2D eigenvalue weighted by Gasteiger charge is 2.25. The minimum Gasteiger partial charge on any atom is -0.478 e. The molecule has 0 fully saturated rings. The second kappa shape index (κ2) is 57.8. The normalized spacial score (nSPS) is 10.7. The molecule has 0 aliphatic carbocycles. The van der Waals surface area contributed by atoms with Gasteiger partial charge in [-0.05, 0) is 328 Å². The van der Waals surface area contributed by atoms with E-state index in [0.29, 0.717) is 81.6 Å². The minimum absolute atomic E-state index is 0.0186. The lowest BCUT2D eigenvalue weighted by atomic mass is 10.1. The molecule has 34 heteroatoms. The molecule has 17 rings (SSSR count). The molecule has 0 unspecified atom stereocenters. The molecular formula is C110H103Br2N17O13P2. The van der Waals surface area contributed by atoms with Gasteiger partial charge in [0.15, 0.2) is 11.6 Å². The van der Waals surface area contributed by atoms with Crippen LogP contribution in [-0.4, -0.2) is 161 Å². The molecule has 730 valence electrons. The lowest BCUT2D eigenvalue weighted by Crippen LogP contribution is -2.00. The number of carboxylic acid groups (broad SMARTS) is 2. The van der Waals surface area contributed by atoms with Crippen molar-refractivity contribution in [3.63, 3.8) is 0 Å². The predicted molar refractivity (Wildman–Crippen MR) is 566 cm³/mol. The van der Waals surface area contributed by atoms with Crippen molar-refractivity contribution >= 4 is 101 Å². The van der Waals surface area contributed by atoms with E-state index < -0.39 is 26.7 Å². The van der Waals surface area contributed by atoms with E-state index in [2.05, 4.69) is 167 Å². The zero-order valence-corrected chi connectivity index (χ0v) is 84.9. The average Bonchev–Trinajstić information content (AvgIpc) is 0.841. The van der Waals surface area contributed by atoms with Gasteiger partial charge in [-0.25, -0.2) is 9.59 Å². The average molecular weight is 2090 g/mol. The van der Waals surface area contributed by atoms with Crippen LogP contribution in [0.1, 0.15) is 146 Å². The van der Waals surface area contributed by atoms with Crippen molar-refractivity contribution in [2.45, 2.75) is 77.7 Å². The number of carboxylic acids is 2. The van der Waals surface area contributed by atoms with E-state index in [0.717, 1.165) is 95.6 Å².